The number of anilines is 1. The Bertz CT molecular complexity index is 367. The summed E-state index contributed by atoms with van der Waals surface area (Å²) >= 11 is 0. The molecule has 0 spiro atoms. The van der Waals surface area contributed by atoms with Gasteiger partial charge in [-0.2, -0.15) is 0 Å². The van der Waals surface area contributed by atoms with E-state index in [0.717, 1.165) is 32.5 Å². The molecule has 0 bridgehead atoms. The predicted octanol–water partition coefficient (Wildman–Crippen LogP) is 2.15. The molecule has 100 valence electrons. The van der Waals surface area contributed by atoms with Crippen molar-refractivity contribution in [3.8, 4) is 0 Å². The molecule has 1 aromatic carbocycles. The molecule has 3 heteroatoms. The molecule has 0 amide bonds. The molecule has 2 rings (SSSR count). The average molecular weight is 248 g/mol. The summed E-state index contributed by atoms with van der Waals surface area (Å²) < 4.78 is 0. The van der Waals surface area contributed by atoms with E-state index in [4.69, 9.17) is 0 Å². The molecule has 0 aromatic heterocycles. The third-order valence-electron chi connectivity index (χ3n) is 3.63. The van der Waals surface area contributed by atoms with Crippen LogP contribution in [0.15, 0.2) is 24.3 Å². The highest BCUT2D eigenvalue weighted by Gasteiger charge is 2.25. The molecular formula is C15H24N2O. The molecule has 18 heavy (non-hydrogen) atoms. The largest absolute Gasteiger partial charge is 0.394 e. The van der Waals surface area contributed by atoms with Gasteiger partial charge in [0.1, 0.15) is 0 Å². The summed E-state index contributed by atoms with van der Waals surface area (Å²) in [6.07, 6.45) is 3.44. The van der Waals surface area contributed by atoms with Crippen LogP contribution in [0.5, 0.6) is 0 Å². The third-order valence-corrected chi connectivity index (χ3v) is 3.63. The Morgan fingerprint density at radius 1 is 1.39 bits per heavy atom. The number of nitrogens with one attached hydrogen (secondary N) is 1. The second-order valence-electron chi connectivity index (χ2n) is 4.98. The Hall–Kier alpha value is -1.06. The van der Waals surface area contributed by atoms with Gasteiger partial charge in [-0.1, -0.05) is 25.1 Å². The van der Waals surface area contributed by atoms with Crippen LogP contribution in [-0.2, 0) is 6.54 Å². The van der Waals surface area contributed by atoms with Crippen LogP contribution in [-0.4, -0.2) is 30.8 Å². The van der Waals surface area contributed by atoms with Gasteiger partial charge in [0, 0.05) is 18.8 Å². The van der Waals surface area contributed by atoms with Gasteiger partial charge >= 0.3 is 0 Å². The zero-order chi connectivity index (χ0) is 12.8. The number of aliphatic hydroxyl groups excluding tert-OH is 1. The first-order chi connectivity index (χ1) is 8.86. The number of aliphatic hydroxyl groups is 1. The van der Waals surface area contributed by atoms with E-state index in [1.54, 1.807) is 0 Å². The van der Waals surface area contributed by atoms with Crippen LogP contribution >= 0.6 is 0 Å². The Balaban J connectivity index is 2.11. The Labute approximate surface area is 110 Å². The minimum absolute atomic E-state index is 0.261. The standard InChI is InChI=1S/C15H24N2O/c1-2-9-16-11-13-6-3-4-8-15(13)17-10-5-7-14(17)12-18/h3-4,6,8,14,16,18H,2,5,7,9-12H2,1H3. The van der Waals surface area contributed by atoms with Gasteiger partial charge in [0.15, 0.2) is 0 Å². The van der Waals surface area contributed by atoms with E-state index in [1.807, 2.05) is 0 Å². The number of benzene rings is 1. The molecule has 1 heterocycles. The van der Waals surface area contributed by atoms with Crippen LogP contribution in [0.1, 0.15) is 31.7 Å². The highest BCUT2D eigenvalue weighted by molar-refractivity contribution is 5.55. The van der Waals surface area contributed by atoms with E-state index < -0.39 is 0 Å². The molecule has 1 fully saturated rings. The van der Waals surface area contributed by atoms with Crippen LogP contribution in [0.3, 0.4) is 0 Å². The monoisotopic (exact) mass is 248 g/mol. The SMILES string of the molecule is CCCNCc1ccccc1N1CCCC1CO. The summed E-state index contributed by atoms with van der Waals surface area (Å²) in [5.41, 5.74) is 2.63. The van der Waals surface area contributed by atoms with Crippen molar-refractivity contribution in [2.24, 2.45) is 0 Å². The summed E-state index contributed by atoms with van der Waals surface area (Å²) in [5, 5.41) is 12.9. The lowest BCUT2D eigenvalue weighted by Gasteiger charge is -2.27. The predicted molar refractivity (Wildman–Crippen MR) is 75.9 cm³/mol. The molecule has 1 unspecified atom stereocenters. The van der Waals surface area contributed by atoms with Crippen LogP contribution in [0.4, 0.5) is 5.69 Å². The van der Waals surface area contributed by atoms with Gasteiger partial charge in [-0.3, -0.25) is 0 Å². The maximum absolute atomic E-state index is 9.45. The molecule has 0 saturated carbocycles. The van der Waals surface area contributed by atoms with Crippen LogP contribution in [0.25, 0.3) is 0 Å². The molecule has 3 nitrogen and oxygen atoms in total. The Morgan fingerprint density at radius 3 is 3.00 bits per heavy atom. The fraction of sp³-hybridized carbons (Fsp3) is 0.600. The molecule has 1 atom stereocenters. The van der Waals surface area contributed by atoms with Gasteiger partial charge in [0.2, 0.25) is 0 Å². The van der Waals surface area contributed by atoms with Crippen molar-refractivity contribution in [2.45, 2.75) is 38.8 Å². The molecule has 0 aliphatic carbocycles. The molecule has 1 aliphatic heterocycles. The van der Waals surface area contributed by atoms with Gasteiger partial charge in [-0.25, -0.2) is 0 Å². The van der Waals surface area contributed by atoms with Crippen molar-refractivity contribution < 1.29 is 5.11 Å². The first-order valence-electron chi connectivity index (χ1n) is 7.03. The summed E-state index contributed by atoms with van der Waals surface area (Å²) in [6.45, 7) is 5.48. The molecule has 2 N–H and O–H groups in total. The second kappa shape index (κ2) is 6.76. The topological polar surface area (TPSA) is 35.5 Å². The summed E-state index contributed by atoms with van der Waals surface area (Å²) in [6, 6.07) is 8.85. The van der Waals surface area contributed by atoms with Crippen molar-refractivity contribution in [1.82, 2.24) is 5.32 Å². The summed E-state index contributed by atoms with van der Waals surface area (Å²) in [5.74, 6) is 0. The second-order valence-corrected chi connectivity index (χ2v) is 4.98. The van der Waals surface area contributed by atoms with Crippen LogP contribution < -0.4 is 10.2 Å². The zero-order valence-corrected chi connectivity index (χ0v) is 11.2. The van der Waals surface area contributed by atoms with Gasteiger partial charge in [-0.05, 0) is 37.4 Å². The molecule has 1 saturated heterocycles. The van der Waals surface area contributed by atoms with Gasteiger partial charge in [0.25, 0.3) is 0 Å². The minimum atomic E-state index is 0.261. The van der Waals surface area contributed by atoms with Crippen LogP contribution in [0, 0.1) is 0 Å². The lowest BCUT2D eigenvalue weighted by molar-refractivity contribution is 0.266. The number of rotatable bonds is 6. The number of hydrogen-bond donors (Lipinski definition) is 2. The first-order valence-corrected chi connectivity index (χ1v) is 7.03. The highest BCUT2D eigenvalue weighted by atomic mass is 16.3. The smallest absolute Gasteiger partial charge is 0.0635 e. The molecule has 1 aromatic rings. The fourth-order valence-electron chi connectivity index (χ4n) is 2.68. The van der Waals surface area contributed by atoms with Crippen LogP contribution in [0.2, 0.25) is 0 Å². The third kappa shape index (κ3) is 3.03. The average Bonchev–Trinajstić information content (AvgIpc) is 2.88. The molecule has 1 aliphatic rings. The molecule has 0 radical (unpaired) electrons. The Kier molecular flexibility index (Phi) is 5.02. The van der Waals surface area contributed by atoms with Crippen molar-refractivity contribution in [2.75, 3.05) is 24.6 Å². The maximum Gasteiger partial charge on any atom is 0.0635 e. The van der Waals surface area contributed by atoms with E-state index in [1.165, 1.54) is 17.7 Å². The summed E-state index contributed by atoms with van der Waals surface area (Å²) in [7, 11) is 0. The number of hydrogen-bond acceptors (Lipinski definition) is 3. The van der Waals surface area contributed by atoms with Gasteiger partial charge in [-0.15, -0.1) is 0 Å². The maximum atomic E-state index is 9.45. The quantitative estimate of drug-likeness (QED) is 0.757. The van der Waals surface area contributed by atoms with Crippen molar-refractivity contribution >= 4 is 5.69 Å². The van der Waals surface area contributed by atoms with E-state index >= 15 is 0 Å². The highest BCUT2D eigenvalue weighted by Crippen LogP contribution is 2.28. The van der Waals surface area contributed by atoms with Crippen molar-refractivity contribution in [3.05, 3.63) is 29.8 Å². The van der Waals surface area contributed by atoms with Crippen molar-refractivity contribution in [3.63, 3.8) is 0 Å². The van der Waals surface area contributed by atoms with Gasteiger partial charge < -0.3 is 15.3 Å². The molecular weight excluding hydrogens is 224 g/mol. The number of nitrogens with zero attached hydrogens (tertiary/aromatic N) is 1. The Morgan fingerprint density at radius 2 is 2.22 bits per heavy atom. The lowest BCUT2D eigenvalue weighted by Crippen LogP contribution is -2.33. The van der Waals surface area contributed by atoms with Crippen molar-refractivity contribution in [1.29, 1.82) is 0 Å². The zero-order valence-electron chi connectivity index (χ0n) is 11.2. The number of para-hydroxylation sites is 1. The van der Waals surface area contributed by atoms with E-state index in [2.05, 4.69) is 41.4 Å². The van der Waals surface area contributed by atoms with E-state index in [0.29, 0.717) is 6.04 Å². The first kappa shape index (κ1) is 13.4. The van der Waals surface area contributed by atoms with E-state index in [-0.39, 0.29) is 6.61 Å². The minimum Gasteiger partial charge on any atom is -0.394 e. The fourth-order valence-corrected chi connectivity index (χ4v) is 2.68. The van der Waals surface area contributed by atoms with Gasteiger partial charge in [0.05, 0.1) is 12.6 Å². The summed E-state index contributed by atoms with van der Waals surface area (Å²) in [4.78, 5) is 2.36. The van der Waals surface area contributed by atoms with E-state index in [9.17, 15) is 5.11 Å². The lowest BCUT2D eigenvalue weighted by atomic mass is 10.1. The normalized spacial score (nSPS) is 19.4.